The molecule has 0 spiro atoms. The first kappa shape index (κ1) is 31.2. The van der Waals surface area contributed by atoms with Gasteiger partial charge < -0.3 is 10.1 Å². The summed E-state index contributed by atoms with van der Waals surface area (Å²) in [5.41, 5.74) is 3.07. The van der Waals surface area contributed by atoms with Gasteiger partial charge in [-0.15, -0.1) is 0 Å². The number of pyridine rings is 1. The van der Waals surface area contributed by atoms with Crippen LogP contribution in [-0.2, 0) is 29.0 Å². The Bertz CT molecular complexity index is 1170. The molecule has 5 heteroatoms. The second-order valence-corrected chi connectivity index (χ2v) is 12.4. The van der Waals surface area contributed by atoms with Gasteiger partial charge in [0.1, 0.15) is 18.1 Å². The number of hydrogen-bond donors (Lipinski definition) is 1. The molecule has 0 aliphatic carbocycles. The van der Waals surface area contributed by atoms with Crippen LogP contribution in [0.2, 0.25) is 0 Å². The molecule has 40 heavy (non-hydrogen) atoms. The zero-order valence-electron chi connectivity index (χ0n) is 24.9. The topological polar surface area (TPSA) is 68.3 Å². The summed E-state index contributed by atoms with van der Waals surface area (Å²) in [6.45, 7) is 11.8. The first-order chi connectivity index (χ1) is 19.1. The summed E-state index contributed by atoms with van der Waals surface area (Å²) in [7, 11) is 0. The predicted molar refractivity (Wildman–Crippen MR) is 162 cm³/mol. The Balaban J connectivity index is 1.71. The van der Waals surface area contributed by atoms with E-state index in [1.165, 1.54) is 0 Å². The first-order valence-corrected chi connectivity index (χ1v) is 14.5. The fourth-order valence-electron chi connectivity index (χ4n) is 4.70. The number of aromatic nitrogens is 1. The van der Waals surface area contributed by atoms with Crippen molar-refractivity contribution in [2.75, 3.05) is 6.54 Å². The average molecular weight is 543 g/mol. The summed E-state index contributed by atoms with van der Waals surface area (Å²) in [4.78, 5) is 31.3. The molecule has 0 amide bonds. The monoisotopic (exact) mass is 542 g/mol. The van der Waals surface area contributed by atoms with Gasteiger partial charge in [0.2, 0.25) is 0 Å². The Morgan fingerprint density at radius 3 is 2.10 bits per heavy atom. The maximum Gasteiger partial charge on any atom is 0.150 e. The van der Waals surface area contributed by atoms with Gasteiger partial charge in [-0.1, -0.05) is 77.1 Å². The Labute approximate surface area is 240 Å². The fourth-order valence-corrected chi connectivity index (χ4v) is 4.70. The molecule has 1 aromatic heterocycles. The van der Waals surface area contributed by atoms with Crippen molar-refractivity contribution in [1.29, 1.82) is 0 Å². The van der Waals surface area contributed by atoms with Gasteiger partial charge >= 0.3 is 0 Å². The van der Waals surface area contributed by atoms with E-state index >= 15 is 0 Å². The number of carbonyl (C=O) groups is 2. The van der Waals surface area contributed by atoms with E-state index in [-0.39, 0.29) is 35.4 Å². The summed E-state index contributed by atoms with van der Waals surface area (Å²) < 4.78 is 5.94. The largest absolute Gasteiger partial charge is 0.489 e. The van der Waals surface area contributed by atoms with Gasteiger partial charge in [-0.25, -0.2) is 0 Å². The van der Waals surface area contributed by atoms with Crippen molar-refractivity contribution < 1.29 is 14.3 Å². The third-order valence-corrected chi connectivity index (χ3v) is 6.95. The van der Waals surface area contributed by atoms with E-state index in [9.17, 15) is 9.59 Å². The van der Waals surface area contributed by atoms with Crippen LogP contribution in [-0.4, -0.2) is 29.1 Å². The molecule has 5 nitrogen and oxygen atoms in total. The number of nitrogens with zero attached hydrogens (tertiary/aromatic N) is 1. The molecule has 1 N–H and O–H groups in total. The highest BCUT2D eigenvalue weighted by Crippen LogP contribution is 2.26. The minimum absolute atomic E-state index is 0.0932. The number of hydrogen-bond acceptors (Lipinski definition) is 5. The molecular formula is C35H46N2O3. The highest BCUT2D eigenvalue weighted by molar-refractivity contribution is 5.91. The highest BCUT2D eigenvalue weighted by Gasteiger charge is 2.29. The average Bonchev–Trinajstić information content (AvgIpc) is 2.91. The summed E-state index contributed by atoms with van der Waals surface area (Å²) in [5.74, 6) is 1.21. The third-order valence-electron chi connectivity index (χ3n) is 6.95. The second kappa shape index (κ2) is 15.5. The molecule has 0 bridgehead atoms. The molecule has 0 aliphatic heterocycles. The van der Waals surface area contributed by atoms with Crippen molar-refractivity contribution in [1.82, 2.24) is 10.3 Å². The lowest BCUT2D eigenvalue weighted by molar-refractivity contribution is -0.130. The van der Waals surface area contributed by atoms with Crippen molar-refractivity contribution in [2.45, 2.75) is 79.4 Å². The van der Waals surface area contributed by atoms with Gasteiger partial charge in [-0.2, -0.15) is 0 Å². The van der Waals surface area contributed by atoms with Crippen LogP contribution in [0.4, 0.5) is 0 Å². The molecule has 2 aromatic carbocycles. The van der Waals surface area contributed by atoms with Crippen LogP contribution in [0, 0.1) is 17.3 Å². The van der Waals surface area contributed by atoms with E-state index in [4.69, 9.17) is 4.74 Å². The molecular weight excluding hydrogens is 496 g/mol. The Kier molecular flexibility index (Phi) is 12.1. The van der Waals surface area contributed by atoms with E-state index < -0.39 is 0 Å². The minimum Gasteiger partial charge on any atom is -0.489 e. The van der Waals surface area contributed by atoms with Crippen LogP contribution in [0.1, 0.15) is 70.6 Å². The quantitative estimate of drug-likeness (QED) is 0.210. The number of benzene rings is 2. The normalized spacial score (nSPS) is 13.2. The van der Waals surface area contributed by atoms with E-state index in [1.807, 2.05) is 66.7 Å². The van der Waals surface area contributed by atoms with Gasteiger partial charge in [0.25, 0.3) is 0 Å². The number of ketones is 2. The number of nitrogens with one attached hydrogen (secondary N) is 1. The Morgan fingerprint density at radius 1 is 0.825 bits per heavy atom. The number of rotatable bonds is 16. The molecule has 3 rings (SSSR count). The molecule has 0 radical (unpaired) electrons. The van der Waals surface area contributed by atoms with Gasteiger partial charge in [0, 0.05) is 31.2 Å². The predicted octanol–water partition coefficient (Wildman–Crippen LogP) is 7.03. The number of carbonyl (C=O) groups excluding carboxylic acids is 2. The van der Waals surface area contributed by atoms with Crippen molar-refractivity contribution in [2.24, 2.45) is 17.3 Å². The third kappa shape index (κ3) is 11.4. The molecule has 1 heterocycles. The summed E-state index contributed by atoms with van der Waals surface area (Å²) in [5, 5.41) is 3.49. The summed E-state index contributed by atoms with van der Waals surface area (Å²) in [6.07, 6.45) is 6.30. The Hall–Kier alpha value is -3.31. The van der Waals surface area contributed by atoms with Gasteiger partial charge in [-0.05, 0) is 78.1 Å². The molecule has 0 saturated carbocycles. The summed E-state index contributed by atoms with van der Waals surface area (Å²) >= 11 is 0. The van der Waals surface area contributed by atoms with E-state index in [2.05, 4.69) is 44.9 Å². The summed E-state index contributed by atoms with van der Waals surface area (Å²) in [6, 6.07) is 21.6. The molecule has 2 atom stereocenters. The van der Waals surface area contributed by atoms with Crippen molar-refractivity contribution >= 4 is 11.6 Å². The van der Waals surface area contributed by atoms with E-state index in [1.54, 1.807) is 12.4 Å². The van der Waals surface area contributed by atoms with E-state index in [0.717, 1.165) is 35.4 Å². The van der Waals surface area contributed by atoms with Crippen molar-refractivity contribution in [3.63, 3.8) is 0 Å². The number of Topliss-reactive ketones (excluding diaryl/α,β-unsaturated/α-hetero) is 2. The molecule has 3 aromatic rings. The molecule has 0 aliphatic rings. The van der Waals surface area contributed by atoms with Crippen LogP contribution in [0.5, 0.6) is 5.75 Å². The van der Waals surface area contributed by atoms with Crippen LogP contribution < -0.4 is 10.1 Å². The van der Waals surface area contributed by atoms with Gasteiger partial charge in [0.05, 0.1) is 6.04 Å². The first-order valence-electron chi connectivity index (χ1n) is 14.5. The number of ether oxygens (including phenoxy) is 1. The molecule has 0 unspecified atom stereocenters. The standard InChI is InChI=1S/C35H46N2O3/c1-26(2)15-20-37-32(22-28-16-18-36-19-17-28)33(38)23-30(34(39)24-35(3,4)5)21-27-11-13-31(14-12-27)40-25-29-9-7-6-8-10-29/h6-14,16-19,26,30,32,37H,15,20-25H2,1-5H3/t30-,32+/m1/s1. The van der Waals surface area contributed by atoms with Gasteiger partial charge in [0.15, 0.2) is 5.78 Å². The maximum atomic E-state index is 13.7. The van der Waals surface area contributed by atoms with E-state index in [0.29, 0.717) is 31.8 Å². The smallest absolute Gasteiger partial charge is 0.150 e. The molecule has 0 saturated heterocycles. The second-order valence-electron chi connectivity index (χ2n) is 12.4. The maximum absolute atomic E-state index is 13.7. The van der Waals surface area contributed by atoms with Crippen molar-refractivity contribution in [3.8, 4) is 5.75 Å². The van der Waals surface area contributed by atoms with Crippen LogP contribution in [0.3, 0.4) is 0 Å². The lowest BCUT2D eigenvalue weighted by Gasteiger charge is -2.24. The fraction of sp³-hybridized carbons (Fsp3) is 0.457. The SMILES string of the molecule is CC(C)CCN[C@@H](Cc1ccncc1)C(=O)C[C@@H](Cc1ccc(OCc2ccccc2)cc1)C(=O)CC(C)(C)C. The highest BCUT2D eigenvalue weighted by atomic mass is 16.5. The van der Waals surface area contributed by atoms with Gasteiger partial charge in [-0.3, -0.25) is 14.6 Å². The van der Waals surface area contributed by atoms with Crippen LogP contribution in [0.15, 0.2) is 79.1 Å². The lowest BCUT2D eigenvalue weighted by Crippen LogP contribution is -2.41. The zero-order chi connectivity index (χ0) is 29.0. The Morgan fingerprint density at radius 2 is 1.48 bits per heavy atom. The van der Waals surface area contributed by atoms with Crippen LogP contribution in [0.25, 0.3) is 0 Å². The van der Waals surface area contributed by atoms with Crippen molar-refractivity contribution in [3.05, 3.63) is 95.8 Å². The van der Waals surface area contributed by atoms with Crippen LogP contribution >= 0.6 is 0 Å². The molecule has 0 fully saturated rings. The minimum atomic E-state index is -0.366. The zero-order valence-corrected chi connectivity index (χ0v) is 24.9. The lowest BCUT2D eigenvalue weighted by atomic mass is 9.80. The molecule has 214 valence electrons.